The van der Waals surface area contributed by atoms with Crippen LogP contribution in [-0.4, -0.2) is 53.4 Å². The number of piperazine rings is 1. The van der Waals surface area contributed by atoms with Crippen LogP contribution in [0.1, 0.15) is 11.1 Å². The number of para-hydroxylation sites is 1. The van der Waals surface area contributed by atoms with Gasteiger partial charge in [0.1, 0.15) is 0 Å². The van der Waals surface area contributed by atoms with E-state index in [1.54, 1.807) is 0 Å². The Hall–Kier alpha value is -2.24. The molecule has 1 aromatic heterocycles. The van der Waals surface area contributed by atoms with E-state index >= 15 is 0 Å². The molecule has 1 amide bonds. The number of carbonyl (C=O) groups excluding carboxylic acids is 1. The van der Waals surface area contributed by atoms with Crippen LogP contribution in [0.3, 0.4) is 0 Å². The number of carbonyl (C=O) groups is 1. The Kier molecular flexibility index (Phi) is 5.56. The molecule has 2 aromatic rings. The molecule has 1 aliphatic heterocycles. The van der Waals surface area contributed by atoms with Gasteiger partial charge in [0.2, 0.25) is 5.91 Å². The monoisotopic (exact) mass is 324 g/mol. The van der Waals surface area contributed by atoms with Crippen molar-refractivity contribution in [1.82, 2.24) is 14.8 Å². The fourth-order valence-electron chi connectivity index (χ4n) is 2.96. The zero-order valence-electron chi connectivity index (χ0n) is 14.1. The molecule has 0 aliphatic carbocycles. The molecule has 5 heteroatoms. The largest absolute Gasteiger partial charge is 0.325 e. The predicted octanol–water partition coefficient (Wildman–Crippen LogP) is 2.15. The third kappa shape index (κ3) is 4.63. The Morgan fingerprint density at radius 3 is 2.42 bits per heavy atom. The van der Waals surface area contributed by atoms with Gasteiger partial charge in [0.15, 0.2) is 0 Å². The molecule has 1 fully saturated rings. The number of aromatic nitrogens is 1. The average molecular weight is 324 g/mol. The van der Waals surface area contributed by atoms with Crippen LogP contribution in [0.4, 0.5) is 5.69 Å². The highest BCUT2D eigenvalue weighted by atomic mass is 16.2. The maximum Gasteiger partial charge on any atom is 0.238 e. The maximum absolute atomic E-state index is 12.2. The molecular formula is C19H24N4O. The minimum absolute atomic E-state index is 0.0619. The van der Waals surface area contributed by atoms with E-state index in [-0.39, 0.29) is 5.91 Å². The van der Waals surface area contributed by atoms with Crippen molar-refractivity contribution in [2.75, 3.05) is 38.0 Å². The van der Waals surface area contributed by atoms with Crippen molar-refractivity contribution in [1.29, 1.82) is 0 Å². The van der Waals surface area contributed by atoms with E-state index in [2.05, 4.69) is 32.2 Å². The van der Waals surface area contributed by atoms with Gasteiger partial charge in [0.05, 0.1) is 6.54 Å². The zero-order valence-corrected chi connectivity index (χ0v) is 14.1. The lowest BCUT2D eigenvalue weighted by Crippen LogP contribution is -2.48. The highest BCUT2D eigenvalue weighted by Gasteiger charge is 2.19. The number of rotatable bonds is 5. The van der Waals surface area contributed by atoms with Gasteiger partial charge in [-0.1, -0.05) is 18.2 Å². The topological polar surface area (TPSA) is 48.5 Å². The molecule has 1 aromatic carbocycles. The van der Waals surface area contributed by atoms with Crippen LogP contribution in [0, 0.1) is 6.92 Å². The first-order valence-electron chi connectivity index (χ1n) is 8.40. The van der Waals surface area contributed by atoms with Gasteiger partial charge in [0.25, 0.3) is 0 Å². The van der Waals surface area contributed by atoms with Gasteiger partial charge < -0.3 is 5.32 Å². The molecule has 1 N–H and O–H groups in total. The molecular weight excluding hydrogens is 300 g/mol. The SMILES string of the molecule is Cc1ccccc1NC(=O)CN1CCN(Cc2ccncc2)CC1. The van der Waals surface area contributed by atoms with Gasteiger partial charge in [-0.25, -0.2) is 0 Å². The lowest BCUT2D eigenvalue weighted by molar-refractivity contribution is -0.117. The van der Waals surface area contributed by atoms with E-state index in [0.29, 0.717) is 6.54 Å². The first kappa shape index (κ1) is 16.6. The number of pyridine rings is 1. The Balaban J connectivity index is 1.43. The van der Waals surface area contributed by atoms with Crippen LogP contribution in [-0.2, 0) is 11.3 Å². The minimum atomic E-state index is 0.0619. The number of nitrogens with one attached hydrogen (secondary N) is 1. The third-order valence-electron chi connectivity index (χ3n) is 4.41. The highest BCUT2D eigenvalue weighted by molar-refractivity contribution is 5.92. The molecule has 2 heterocycles. The molecule has 0 unspecified atom stereocenters. The number of benzene rings is 1. The number of nitrogens with zero attached hydrogens (tertiary/aromatic N) is 3. The van der Waals surface area contributed by atoms with Crippen molar-refractivity contribution < 1.29 is 4.79 Å². The van der Waals surface area contributed by atoms with E-state index in [1.165, 1.54) is 5.56 Å². The number of anilines is 1. The highest BCUT2D eigenvalue weighted by Crippen LogP contribution is 2.13. The summed E-state index contributed by atoms with van der Waals surface area (Å²) in [6.45, 7) is 7.23. The van der Waals surface area contributed by atoms with Crippen molar-refractivity contribution in [3.8, 4) is 0 Å². The van der Waals surface area contributed by atoms with Crippen molar-refractivity contribution in [2.24, 2.45) is 0 Å². The Bertz CT molecular complexity index is 666. The van der Waals surface area contributed by atoms with E-state index in [9.17, 15) is 4.79 Å². The van der Waals surface area contributed by atoms with Crippen molar-refractivity contribution >= 4 is 11.6 Å². The maximum atomic E-state index is 12.2. The standard InChI is InChI=1S/C19H24N4O/c1-16-4-2-3-5-18(16)21-19(24)15-23-12-10-22(11-13-23)14-17-6-8-20-9-7-17/h2-9H,10-15H2,1H3,(H,21,24). The molecule has 126 valence electrons. The second-order valence-corrected chi connectivity index (χ2v) is 6.27. The first-order chi connectivity index (χ1) is 11.7. The molecule has 1 aliphatic rings. The Labute approximate surface area is 143 Å². The van der Waals surface area contributed by atoms with Crippen LogP contribution < -0.4 is 5.32 Å². The molecule has 24 heavy (non-hydrogen) atoms. The summed E-state index contributed by atoms with van der Waals surface area (Å²) >= 11 is 0. The number of hydrogen-bond acceptors (Lipinski definition) is 4. The molecule has 0 bridgehead atoms. The molecule has 3 rings (SSSR count). The van der Waals surface area contributed by atoms with Gasteiger partial charge in [-0.15, -0.1) is 0 Å². The minimum Gasteiger partial charge on any atom is -0.325 e. The van der Waals surface area contributed by atoms with Gasteiger partial charge in [-0.05, 0) is 36.2 Å². The average Bonchev–Trinajstić information content (AvgIpc) is 2.60. The van der Waals surface area contributed by atoms with Crippen LogP contribution >= 0.6 is 0 Å². The van der Waals surface area contributed by atoms with Crippen LogP contribution in [0.25, 0.3) is 0 Å². The molecule has 1 saturated heterocycles. The Morgan fingerprint density at radius 1 is 1.04 bits per heavy atom. The van der Waals surface area contributed by atoms with Gasteiger partial charge in [0, 0.05) is 50.8 Å². The van der Waals surface area contributed by atoms with Crippen molar-refractivity contribution in [2.45, 2.75) is 13.5 Å². The van der Waals surface area contributed by atoms with E-state index in [1.807, 2.05) is 43.6 Å². The Morgan fingerprint density at radius 2 is 1.71 bits per heavy atom. The van der Waals surface area contributed by atoms with Gasteiger partial charge in [-0.2, -0.15) is 0 Å². The van der Waals surface area contributed by atoms with E-state index in [4.69, 9.17) is 0 Å². The fourth-order valence-corrected chi connectivity index (χ4v) is 2.96. The van der Waals surface area contributed by atoms with Crippen molar-refractivity contribution in [3.05, 3.63) is 59.9 Å². The third-order valence-corrected chi connectivity index (χ3v) is 4.41. The predicted molar refractivity (Wildman–Crippen MR) is 95.8 cm³/mol. The van der Waals surface area contributed by atoms with Crippen LogP contribution in [0.5, 0.6) is 0 Å². The summed E-state index contributed by atoms with van der Waals surface area (Å²) in [5.41, 5.74) is 3.28. The summed E-state index contributed by atoms with van der Waals surface area (Å²) in [7, 11) is 0. The zero-order chi connectivity index (χ0) is 16.8. The molecule has 0 spiro atoms. The summed E-state index contributed by atoms with van der Waals surface area (Å²) in [5, 5.41) is 3.01. The second-order valence-electron chi connectivity index (χ2n) is 6.27. The molecule has 5 nitrogen and oxygen atoms in total. The quantitative estimate of drug-likeness (QED) is 0.915. The number of aryl methyl sites for hydroxylation is 1. The molecule has 0 atom stereocenters. The first-order valence-corrected chi connectivity index (χ1v) is 8.40. The van der Waals surface area contributed by atoms with E-state index < -0.39 is 0 Å². The summed E-state index contributed by atoms with van der Waals surface area (Å²) in [4.78, 5) is 20.9. The van der Waals surface area contributed by atoms with E-state index in [0.717, 1.165) is 44.0 Å². The van der Waals surface area contributed by atoms with Crippen molar-refractivity contribution in [3.63, 3.8) is 0 Å². The number of amides is 1. The summed E-state index contributed by atoms with van der Waals surface area (Å²) < 4.78 is 0. The summed E-state index contributed by atoms with van der Waals surface area (Å²) in [6.07, 6.45) is 3.67. The van der Waals surface area contributed by atoms with Gasteiger partial charge >= 0.3 is 0 Å². The van der Waals surface area contributed by atoms with Gasteiger partial charge in [-0.3, -0.25) is 19.6 Å². The van der Waals surface area contributed by atoms with Crippen LogP contribution in [0.2, 0.25) is 0 Å². The fraction of sp³-hybridized carbons (Fsp3) is 0.368. The number of hydrogen-bond donors (Lipinski definition) is 1. The molecule has 0 saturated carbocycles. The summed E-state index contributed by atoms with van der Waals surface area (Å²) in [6, 6.07) is 12.0. The summed E-state index contributed by atoms with van der Waals surface area (Å²) in [5.74, 6) is 0.0619. The smallest absolute Gasteiger partial charge is 0.238 e. The molecule has 0 radical (unpaired) electrons. The normalized spacial score (nSPS) is 16.0. The lowest BCUT2D eigenvalue weighted by Gasteiger charge is -2.34. The lowest BCUT2D eigenvalue weighted by atomic mass is 10.2. The van der Waals surface area contributed by atoms with Crippen LogP contribution in [0.15, 0.2) is 48.8 Å². The second kappa shape index (κ2) is 8.04.